The van der Waals surface area contributed by atoms with Gasteiger partial charge < -0.3 is 9.47 Å². The van der Waals surface area contributed by atoms with E-state index in [-0.39, 0.29) is 5.56 Å². The number of hydrogen-bond acceptors (Lipinski definition) is 4. The monoisotopic (exact) mass is 905 g/mol. The zero-order chi connectivity index (χ0) is 47.5. The molecule has 0 saturated heterocycles. The number of amides is 1. The third-order valence-electron chi connectivity index (χ3n) is 8.38. The molecular formula is C39H36F17NO4. The number of benzene rings is 2. The molecule has 5 nitrogen and oxygen atoms in total. The lowest BCUT2D eigenvalue weighted by atomic mass is 9.87. The van der Waals surface area contributed by atoms with Gasteiger partial charge in [0, 0.05) is 12.0 Å². The fourth-order valence-corrected chi connectivity index (χ4v) is 4.75. The average Bonchev–Trinajstić information content (AvgIpc) is 3.13. The molecule has 2 aromatic rings. The highest BCUT2D eigenvalue weighted by molar-refractivity contribution is 5.88. The number of esters is 1. The summed E-state index contributed by atoms with van der Waals surface area (Å²) in [6.45, 7) is 8.13. The van der Waals surface area contributed by atoms with Gasteiger partial charge >= 0.3 is 59.7 Å². The molecule has 0 N–H and O–H groups in total. The van der Waals surface area contributed by atoms with Crippen LogP contribution in [0.25, 0.3) is 0 Å². The van der Waals surface area contributed by atoms with Crippen LogP contribution in [-0.4, -0.2) is 82.3 Å². The number of carbonyl (C=O) groups is 2. The van der Waals surface area contributed by atoms with Crippen LogP contribution in [0.1, 0.15) is 64.7 Å². The summed E-state index contributed by atoms with van der Waals surface area (Å²) < 4.78 is 243. The number of alkyl halides is 17. The fraction of sp³-hybridized carbons (Fsp3) is 0.513. The molecule has 0 saturated carbocycles. The molecule has 1 unspecified atom stereocenters. The zero-order valence-electron chi connectivity index (χ0n) is 32.6. The Morgan fingerprint density at radius 2 is 1.10 bits per heavy atom. The van der Waals surface area contributed by atoms with Crippen molar-refractivity contribution in [2.45, 2.75) is 120 Å². The molecule has 2 aromatic carbocycles. The van der Waals surface area contributed by atoms with E-state index in [9.17, 15) is 84.2 Å². The van der Waals surface area contributed by atoms with Crippen molar-refractivity contribution in [1.82, 2.24) is 4.90 Å². The number of hydrogen-bond donors (Lipinski definition) is 0. The second-order valence-electron chi connectivity index (χ2n) is 14.7. The minimum Gasteiger partial charge on any atom is -0.458 e. The van der Waals surface area contributed by atoms with Crippen molar-refractivity contribution >= 4 is 12.1 Å². The van der Waals surface area contributed by atoms with Crippen molar-refractivity contribution in [2.75, 3.05) is 6.54 Å². The van der Waals surface area contributed by atoms with Gasteiger partial charge in [-0.1, -0.05) is 54.3 Å². The molecule has 22 heteroatoms. The van der Waals surface area contributed by atoms with E-state index >= 15 is 0 Å². The van der Waals surface area contributed by atoms with Gasteiger partial charge in [-0.3, -0.25) is 4.90 Å². The van der Waals surface area contributed by atoms with Gasteiger partial charge in [-0.2, -0.15) is 74.6 Å². The highest BCUT2D eigenvalue weighted by Crippen LogP contribution is 2.64. The molecule has 0 bridgehead atoms. The van der Waals surface area contributed by atoms with Crippen molar-refractivity contribution in [1.29, 1.82) is 0 Å². The summed E-state index contributed by atoms with van der Waals surface area (Å²) in [7, 11) is 0. The number of halogens is 17. The van der Waals surface area contributed by atoms with E-state index in [0.717, 1.165) is 29.2 Å². The van der Waals surface area contributed by atoms with Gasteiger partial charge in [0.1, 0.15) is 12.2 Å². The summed E-state index contributed by atoms with van der Waals surface area (Å²) in [5, 5.41) is 0. The van der Waals surface area contributed by atoms with Crippen LogP contribution in [0.5, 0.6) is 0 Å². The lowest BCUT2D eigenvalue weighted by Gasteiger charge is -2.42. The van der Waals surface area contributed by atoms with Crippen molar-refractivity contribution in [3.05, 3.63) is 88.7 Å². The fourth-order valence-electron chi connectivity index (χ4n) is 4.75. The average molecular weight is 906 g/mol. The third kappa shape index (κ3) is 10.8. The van der Waals surface area contributed by atoms with Crippen molar-refractivity contribution in [3.8, 4) is 11.8 Å². The van der Waals surface area contributed by atoms with E-state index in [1.165, 1.54) is 13.0 Å². The van der Waals surface area contributed by atoms with Gasteiger partial charge in [-0.15, -0.1) is 5.73 Å². The number of rotatable bonds is 15. The first-order valence-corrected chi connectivity index (χ1v) is 17.3. The van der Waals surface area contributed by atoms with Crippen LogP contribution >= 0.6 is 0 Å². The van der Waals surface area contributed by atoms with E-state index in [4.69, 9.17) is 9.47 Å². The summed E-state index contributed by atoms with van der Waals surface area (Å²) in [6.07, 6.45) is -11.9. The van der Waals surface area contributed by atoms with Crippen LogP contribution in [0, 0.1) is 11.8 Å². The smallest absolute Gasteiger partial charge is 0.458 e. The number of aryl methyl sites for hydroxylation is 1. The standard InChI is InChI=1S/C39H36F17NO4/c1-24(2)18-20-31(6,28(58)61-30(3,4)5)57(22-10-13-25-11-8-7-9-12-25)29(59)60-23-27-16-14-26(15-17-27)19-21-32(40,41)33(42,43)34(44,45)35(46,47)36(48,49)37(50,51)38(52,53)39(54,55)56/h7-9,11-12,14-17,20H,19,21-23H2,1-6H3. The predicted molar refractivity (Wildman–Crippen MR) is 183 cm³/mol. The lowest BCUT2D eigenvalue weighted by molar-refractivity contribution is -0.461. The Hall–Kier alpha value is -4.93. The van der Waals surface area contributed by atoms with Gasteiger partial charge in [0.15, 0.2) is 5.54 Å². The topological polar surface area (TPSA) is 55.8 Å². The van der Waals surface area contributed by atoms with Crippen LogP contribution in [0.4, 0.5) is 79.4 Å². The molecular weight excluding hydrogens is 869 g/mol. The van der Waals surface area contributed by atoms with Gasteiger partial charge in [0.05, 0.1) is 6.54 Å². The van der Waals surface area contributed by atoms with Gasteiger partial charge in [-0.05, 0) is 82.9 Å². The summed E-state index contributed by atoms with van der Waals surface area (Å²) in [5.74, 6) is -52.3. The molecule has 0 aromatic heterocycles. The second kappa shape index (κ2) is 17.8. The molecule has 340 valence electrons. The summed E-state index contributed by atoms with van der Waals surface area (Å²) in [4.78, 5) is 28.0. The van der Waals surface area contributed by atoms with E-state index in [1.807, 2.05) is 0 Å². The normalized spacial score (nSPS) is 14.5. The highest BCUT2D eigenvalue weighted by Gasteiger charge is 2.95. The van der Waals surface area contributed by atoms with Crippen LogP contribution in [0.2, 0.25) is 0 Å². The second-order valence-corrected chi connectivity index (χ2v) is 14.7. The molecule has 61 heavy (non-hydrogen) atoms. The zero-order valence-corrected chi connectivity index (χ0v) is 32.6. The van der Waals surface area contributed by atoms with Gasteiger partial charge in [0.25, 0.3) is 0 Å². The maximum Gasteiger partial charge on any atom is 0.460 e. The Labute approximate surface area is 337 Å². The first kappa shape index (κ1) is 52.2. The quantitative estimate of drug-likeness (QED) is 0.0773. The molecule has 0 heterocycles. The van der Waals surface area contributed by atoms with E-state index in [2.05, 4.69) is 17.6 Å². The number of ether oxygens (including phenoxy) is 2. The van der Waals surface area contributed by atoms with Crippen LogP contribution in [0.3, 0.4) is 0 Å². The third-order valence-corrected chi connectivity index (χ3v) is 8.38. The Morgan fingerprint density at radius 1 is 0.639 bits per heavy atom. The van der Waals surface area contributed by atoms with E-state index < -0.39 is 102 Å². The van der Waals surface area contributed by atoms with Gasteiger partial charge in [0.2, 0.25) is 0 Å². The van der Waals surface area contributed by atoms with Crippen LogP contribution in [0.15, 0.2) is 72.0 Å². The largest absolute Gasteiger partial charge is 0.460 e. The first-order chi connectivity index (χ1) is 27.3. The van der Waals surface area contributed by atoms with Crippen molar-refractivity contribution < 1.29 is 93.7 Å². The summed E-state index contributed by atoms with van der Waals surface area (Å²) in [6, 6.07) is 12.0. The predicted octanol–water partition coefficient (Wildman–Crippen LogP) is 11.8. The number of nitrogens with zero attached hydrogens (tertiary/aromatic N) is 1. The maximum absolute atomic E-state index is 14.5. The summed E-state index contributed by atoms with van der Waals surface area (Å²) >= 11 is 0. The molecule has 0 fully saturated rings. The molecule has 0 aliphatic rings. The highest BCUT2D eigenvalue weighted by atomic mass is 19.4. The van der Waals surface area contributed by atoms with Crippen LogP contribution < -0.4 is 0 Å². The van der Waals surface area contributed by atoms with E-state index in [0.29, 0.717) is 11.1 Å². The Kier molecular flexibility index (Phi) is 15.2. The molecule has 0 radical (unpaired) electrons. The molecule has 1 amide bonds. The Balaban J connectivity index is 2.37. The van der Waals surface area contributed by atoms with Gasteiger partial charge in [-0.25, -0.2) is 9.59 Å². The van der Waals surface area contributed by atoms with Crippen molar-refractivity contribution in [2.24, 2.45) is 0 Å². The first-order valence-electron chi connectivity index (χ1n) is 17.3. The summed E-state index contributed by atoms with van der Waals surface area (Å²) in [5.41, 5.74) is 0.473. The Bertz CT molecular complexity index is 1990. The molecule has 0 aliphatic carbocycles. The minimum atomic E-state index is -8.70. The Morgan fingerprint density at radius 3 is 1.56 bits per heavy atom. The number of carbonyl (C=O) groups excluding carboxylic acids is 2. The van der Waals surface area contributed by atoms with Crippen molar-refractivity contribution in [3.63, 3.8) is 0 Å². The minimum absolute atomic E-state index is 0.00770. The van der Waals surface area contributed by atoms with E-state index in [1.54, 1.807) is 65.0 Å². The molecule has 2 rings (SSSR count). The molecule has 1 atom stereocenters. The molecule has 0 spiro atoms. The lowest BCUT2D eigenvalue weighted by Crippen LogP contribution is -2.74. The van der Waals surface area contributed by atoms with Crippen LogP contribution in [-0.2, 0) is 27.3 Å². The SMILES string of the molecule is CC(C)=C=CC(C)(C(=O)OC(C)(C)C)N(CC#Cc1ccccc1)C(=O)OCc1ccc(CCC(F)(F)C(F)(F)C(F)(F)C(F)(F)C(F)(F)C(F)(F)C(F)(F)C(F)(F)F)cc1. The molecule has 0 aliphatic heterocycles. The maximum atomic E-state index is 14.5.